The van der Waals surface area contributed by atoms with Crippen LogP contribution in [0.4, 0.5) is 0 Å². The number of carbonyl (C=O) groups excluding carboxylic acids is 1. The molecule has 2 unspecified atom stereocenters. The van der Waals surface area contributed by atoms with Gasteiger partial charge in [-0.2, -0.15) is 4.99 Å². The highest BCUT2D eigenvalue weighted by Gasteiger charge is 2.23. The van der Waals surface area contributed by atoms with Gasteiger partial charge in [0.25, 0.3) is 0 Å². The van der Waals surface area contributed by atoms with Crippen LogP contribution in [-0.4, -0.2) is 29.5 Å². The SMILES string of the molecule is CC(=CC1CCC(N=C=O)O1)C(=O)O. The molecule has 1 aliphatic heterocycles. The van der Waals surface area contributed by atoms with Crippen molar-refractivity contribution in [3.63, 3.8) is 0 Å². The second-order valence-electron chi connectivity index (χ2n) is 3.08. The number of nitrogens with zero attached hydrogens (tertiary/aromatic N) is 1. The van der Waals surface area contributed by atoms with Crippen LogP contribution in [0.25, 0.3) is 0 Å². The van der Waals surface area contributed by atoms with Crippen molar-refractivity contribution in [2.45, 2.75) is 32.1 Å². The molecular formula is C9H11NO4. The van der Waals surface area contributed by atoms with Crippen molar-refractivity contribution >= 4 is 12.0 Å². The maximum atomic E-state index is 10.5. The summed E-state index contributed by atoms with van der Waals surface area (Å²) in [7, 11) is 0. The number of carboxylic acids is 1. The lowest BCUT2D eigenvalue weighted by molar-refractivity contribution is -0.132. The van der Waals surface area contributed by atoms with Gasteiger partial charge in [-0.15, -0.1) is 0 Å². The van der Waals surface area contributed by atoms with Gasteiger partial charge in [-0.25, -0.2) is 9.59 Å². The summed E-state index contributed by atoms with van der Waals surface area (Å²) in [5.41, 5.74) is 0.241. The van der Waals surface area contributed by atoms with E-state index in [2.05, 4.69) is 4.99 Å². The van der Waals surface area contributed by atoms with Crippen molar-refractivity contribution in [3.05, 3.63) is 11.6 Å². The lowest BCUT2D eigenvalue weighted by atomic mass is 10.1. The van der Waals surface area contributed by atoms with Gasteiger partial charge in [0.15, 0.2) is 6.23 Å². The molecule has 0 aromatic rings. The number of aliphatic carboxylic acids is 1. The number of rotatable bonds is 3. The van der Waals surface area contributed by atoms with Gasteiger partial charge >= 0.3 is 5.97 Å². The highest BCUT2D eigenvalue weighted by Crippen LogP contribution is 2.21. The molecule has 5 nitrogen and oxygen atoms in total. The van der Waals surface area contributed by atoms with Crippen LogP contribution in [0.2, 0.25) is 0 Å². The Hall–Kier alpha value is -1.45. The molecule has 0 saturated carbocycles. The molecular weight excluding hydrogens is 186 g/mol. The zero-order valence-electron chi connectivity index (χ0n) is 7.77. The molecule has 1 rings (SSSR count). The molecule has 14 heavy (non-hydrogen) atoms. The Morgan fingerprint density at radius 3 is 2.93 bits per heavy atom. The van der Waals surface area contributed by atoms with Gasteiger partial charge in [0.05, 0.1) is 6.10 Å². The molecule has 0 radical (unpaired) electrons. The number of hydrogen-bond acceptors (Lipinski definition) is 4. The van der Waals surface area contributed by atoms with Crippen LogP contribution in [-0.2, 0) is 14.3 Å². The molecule has 0 aromatic carbocycles. The Morgan fingerprint density at radius 2 is 2.36 bits per heavy atom. The van der Waals surface area contributed by atoms with Crippen LogP contribution in [0, 0.1) is 0 Å². The largest absolute Gasteiger partial charge is 0.478 e. The van der Waals surface area contributed by atoms with Gasteiger partial charge in [-0.1, -0.05) is 0 Å². The normalized spacial score (nSPS) is 27.1. The van der Waals surface area contributed by atoms with Crippen molar-refractivity contribution in [1.82, 2.24) is 0 Å². The summed E-state index contributed by atoms with van der Waals surface area (Å²) in [5, 5.41) is 8.60. The fraction of sp³-hybridized carbons (Fsp3) is 0.556. The van der Waals surface area contributed by atoms with Gasteiger partial charge in [0.1, 0.15) is 0 Å². The first kappa shape index (κ1) is 10.6. The second kappa shape index (κ2) is 4.69. The number of hydrogen-bond donors (Lipinski definition) is 1. The Morgan fingerprint density at radius 1 is 1.64 bits per heavy atom. The molecule has 5 heteroatoms. The van der Waals surface area contributed by atoms with E-state index in [1.165, 1.54) is 19.1 Å². The van der Waals surface area contributed by atoms with Crippen LogP contribution >= 0.6 is 0 Å². The summed E-state index contributed by atoms with van der Waals surface area (Å²) in [4.78, 5) is 23.8. The maximum absolute atomic E-state index is 10.5. The van der Waals surface area contributed by atoms with E-state index in [9.17, 15) is 9.59 Å². The topological polar surface area (TPSA) is 76.0 Å². The number of carboxylic acid groups (broad SMARTS) is 1. The smallest absolute Gasteiger partial charge is 0.331 e. The molecule has 0 amide bonds. The summed E-state index contributed by atoms with van der Waals surface area (Å²) in [6, 6.07) is 0. The van der Waals surface area contributed by atoms with E-state index in [0.29, 0.717) is 12.8 Å². The highest BCUT2D eigenvalue weighted by atomic mass is 16.5. The second-order valence-corrected chi connectivity index (χ2v) is 3.08. The standard InChI is InChI=1S/C9H11NO4/c1-6(9(12)13)4-7-2-3-8(14-7)10-5-11/h4,7-8H,2-3H2,1H3,(H,12,13). The Kier molecular flexibility index (Phi) is 3.56. The Bertz CT molecular complexity index is 304. The molecule has 0 spiro atoms. The number of isocyanates is 1. The number of carbonyl (C=O) groups is 1. The van der Waals surface area contributed by atoms with Crippen molar-refractivity contribution < 1.29 is 19.4 Å². The summed E-state index contributed by atoms with van der Waals surface area (Å²) in [6.45, 7) is 1.50. The van der Waals surface area contributed by atoms with Gasteiger partial charge in [-0.05, 0) is 25.8 Å². The van der Waals surface area contributed by atoms with E-state index in [0.717, 1.165) is 0 Å². The Balaban J connectivity index is 2.54. The Labute approximate surface area is 81.1 Å². The third-order valence-electron chi connectivity index (χ3n) is 2.00. The fourth-order valence-electron chi connectivity index (χ4n) is 1.27. The van der Waals surface area contributed by atoms with Crippen molar-refractivity contribution in [1.29, 1.82) is 0 Å². The van der Waals surface area contributed by atoms with Crippen molar-refractivity contribution in [2.75, 3.05) is 0 Å². The molecule has 76 valence electrons. The van der Waals surface area contributed by atoms with E-state index in [4.69, 9.17) is 9.84 Å². The van der Waals surface area contributed by atoms with E-state index in [1.54, 1.807) is 0 Å². The first-order valence-corrected chi connectivity index (χ1v) is 4.27. The predicted molar refractivity (Wildman–Crippen MR) is 47.4 cm³/mol. The highest BCUT2D eigenvalue weighted by molar-refractivity contribution is 5.85. The van der Waals surface area contributed by atoms with Crippen LogP contribution in [0.5, 0.6) is 0 Å². The van der Waals surface area contributed by atoms with E-state index >= 15 is 0 Å². The van der Waals surface area contributed by atoms with E-state index < -0.39 is 12.2 Å². The minimum absolute atomic E-state index is 0.241. The summed E-state index contributed by atoms with van der Waals surface area (Å²) < 4.78 is 5.25. The molecule has 1 heterocycles. The van der Waals surface area contributed by atoms with Gasteiger partial charge in [-0.3, -0.25) is 0 Å². The van der Waals surface area contributed by atoms with Crippen LogP contribution in [0.15, 0.2) is 16.6 Å². The van der Waals surface area contributed by atoms with Gasteiger partial charge < -0.3 is 9.84 Å². The lowest BCUT2D eigenvalue weighted by Gasteiger charge is -2.05. The zero-order chi connectivity index (χ0) is 10.6. The van der Waals surface area contributed by atoms with Crippen LogP contribution in [0.1, 0.15) is 19.8 Å². The van der Waals surface area contributed by atoms with E-state index in [-0.39, 0.29) is 11.7 Å². The number of aliphatic imine (C=N–C) groups is 1. The molecule has 1 fully saturated rings. The first-order valence-electron chi connectivity index (χ1n) is 4.27. The summed E-state index contributed by atoms with van der Waals surface area (Å²) >= 11 is 0. The first-order chi connectivity index (χ1) is 6.63. The summed E-state index contributed by atoms with van der Waals surface area (Å²) in [6.07, 6.45) is 3.54. The van der Waals surface area contributed by atoms with E-state index in [1.807, 2.05) is 0 Å². The van der Waals surface area contributed by atoms with Gasteiger partial charge in [0, 0.05) is 5.57 Å². The van der Waals surface area contributed by atoms with Crippen LogP contribution < -0.4 is 0 Å². The molecule has 1 saturated heterocycles. The monoisotopic (exact) mass is 197 g/mol. The third kappa shape index (κ3) is 2.80. The molecule has 0 aromatic heterocycles. The predicted octanol–water partition coefficient (Wildman–Crippen LogP) is 0.858. The quantitative estimate of drug-likeness (QED) is 0.413. The zero-order valence-corrected chi connectivity index (χ0v) is 7.77. The lowest BCUT2D eigenvalue weighted by Crippen LogP contribution is -2.08. The summed E-state index contributed by atoms with van der Waals surface area (Å²) in [5.74, 6) is -0.962. The molecule has 2 atom stereocenters. The minimum atomic E-state index is -0.962. The fourth-order valence-corrected chi connectivity index (χ4v) is 1.27. The molecule has 0 bridgehead atoms. The maximum Gasteiger partial charge on any atom is 0.331 e. The van der Waals surface area contributed by atoms with Crippen LogP contribution in [0.3, 0.4) is 0 Å². The minimum Gasteiger partial charge on any atom is -0.478 e. The molecule has 0 aliphatic carbocycles. The van der Waals surface area contributed by atoms with Crippen molar-refractivity contribution in [3.8, 4) is 0 Å². The molecule has 1 aliphatic rings. The van der Waals surface area contributed by atoms with Crippen molar-refractivity contribution in [2.24, 2.45) is 4.99 Å². The average Bonchev–Trinajstić information content (AvgIpc) is 2.53. The average molecular weight is 197 g/mol. The third-order valence-corrected chi connectivity index (χ3v) is 2.00. The number of ether oxygens (including phenoxy) is 1. The van der Waals surface area contributed by atoms with Gasteiger partial charge in [0.2, 0.25) is 6.08 Å². The molecule has 1 N–H and O–H groups in total.